The van der Waals surface area contributed by atoms with Crippen molar-refractivity contribution in [2.75, 3.05) is 26.2 Å². The van der Waals surface area contributed by atoms with Crippen LogP contribution >= 0.6 is 0 Å². The largest absolute Gasteiger partial charge is 0.492 e. The van der Waals surface area contributed by atoms with Crippen molar-refractivity contribution in [1.29, 1.82) is 0 Å². The molecule has 0 N–H and O–H groups in total. The van der Waals surface area contributed by atoms with Gasteiger partial charge in [0.15, 0.2) is 0 Å². The average Bonchev–Trinajstić information content (AvgIpc) is 3.35. The predicted molar refractivity (Wildman–Crippen MR) is 150 cm³/mol. The summed E-state index contributed by atoms with van der Waals surface area (Å²) >= 11 is 0. The van der Waals surface area contributed by atoms with Crippen molar-refractivity contribution < 1.29 is 9.47 Å². The highest BCUT2D eigenvalue weighted by molar-refractivity contribution is 5.41. The van der Waals surface area contributed by atoms with Crippen LogP contribution in [-0.2, 0) is 0 Å². The van der Waals surface area contributed by atoms with Gasteiger partial charge in [-0.2, -0.15) is 0 Å². The maximum Gasteiger partial charge on any atom is 0.337 e. The summed E-state index contributed by atoms with van der Waals surface area (Å²) in [5, 5.41) is 0. The summed E-state index contributed by atoms with van der Waals surface area (Å²) in [5.41, 5.74) is 1.47. The molecule has 1 aromatic heterocycles. The monoisotopic (exact) mass is 509 g/mol. The van der Waals surface area contributed by atoms with Gasteiger partial charge < -0.3 is 9.47 Å². The van der Waals surface area contributed by atoms with E-state index in [4.69, 9.17) is 9.47 Å². The molecular formula is C32H35N3O3. The van der Waals surface area contributed by atoms with Crippen LogP contribution in [0, 0.1) is 11.8 Å². The molecule has 1 unspecified atom stereocenters. The van der Waals surface area contributed by atoms with Crippen LogP contribution in [0.25, 0.3) is 11.4 Å². The zero-order valence-corrected chi connectivity index (χ0v) is 21.7. The second-order valence-electron chi connectivity index (χ2n) is 10.5. The van der Waals surface area contributed by atoms with Crippen LogP contribution in [0.2, 0.25) is 0 Å². The first-order chi connectivity index (χ1) is 18.7. The number of hydrogen-bond acceptors (Lipinski definition) is 4. The van der Waals surface area contributed by atoms with Gasteiger partial charge >= 0.3 is 5.69 Å². The minimum Gasteiger partial charge on any atom is -0.492 e. The van der Waals surface area contributed by atoms with E-state index in [2.05, 4.69) is 4.90 Å². The zero-order valence-electron chi connectivity index (χ0n) is 21.7. The molecule has 6 nitrogen and oxygen atoms in total. The van der Waals surface area contributed by atoms with E-state index >= 15 is 0 Å². The lowest BCUT2D eigenvalue weighted by Crippen LogP contribution is -2.43. The summed E-state index contributed by atoms with van der Waals surface area (Å²) in [6.07, 6.45) is 10.6. The first kappa shape index (κ1) is 24.6. The van der Waals surface area contributed by atoms with Crippen LogP contribution in [0.15, 0.2) is 96.1 Å². The third-order valence-electron chi connectivity index (χ3n) is 8.04. The van der Waals surface area contributed by atoms with Crippen LogP contribution in [0.4, 0.5) is 0 Å². The highest BCUT2D eigenvalue weighted by atomic mass is 16.5. The molecule has 1 saturated carbocycles. The third kappa shape index (κ3) is 5.55. The molecule has 6 heteroatoms. The molecule has 1 aliphatic heterocycles. The van der Waals surface area contributed by atoms with Crippen LogP contribution < -0.4 is 15.2 Å². The number of ether oxygens (including phenoxy) is 2. The van der Waals surface area contributed by atoms with Gasteiger partial charge in [-0.1, -0.05) is 37.5 Å². The molecule has 4 aromatic rings. The molecule has 0 spiro atoms. The van der Waals surface area contributed by atoms with Crippen molar-refractivity contribution in [2.45, 2.75) is 32.1 Å². The van der Waals surface area contributed by atoms with Crippen molar-refractivity contribution in [3.63, 3.8) is 0 Å². The van der Waals surface area contributed by atoms with Crippen LogP contribution in [0.1, 0.15) is 32.1 Å². The van der Waals surface area contributed by atoms with Crippen LogP contribution in [-0.4, -0.2) is 40.3 Å². The molecule has 0 amide bonds. The fourth-order valence-corrected chi connectivity index (χ4v) is 5.94. The number of benzene rings is 3. The second-order valence-corrected chi connectivity index (χ2v) is 10.5. The average molecular weight is 510 g/mol. The van der Waals surface area contributed by atoms with E-state index in [1.54, 1.807) is 21.5 Å². The number of rotatable bonds is 8. The molecule has 2 aliphatic rings. The lowest BCUT2D eigenvalue weighted by Gasteiger charge is -2.41. The maximum absolute atomic E-state index is 13.1. The Balaban J connectivity index is 1.04. The first-order valence-electron chi connectivity index (χ1n) is 13.8. The lowest BCUT2D eigenvalue weighted by atomic mass is 9.75. The first-order valence-corrected chi connectivity index (χ1v) is 13.8. The summed E-state index contributed by atoms with van der Waals surface area (Å²) in [4.78, 5) is 15.7. The van der Waals surface area contributed by atoms with Crippen molar-refractivity contribution >= 4 is 0 Å². The fraction of sp³-hybridized carbons (Fsp3) is 0.344. The van der Waals surface area contributed by atoms with Crippen molar-refractivity contribution in [2.24, 2.45) is 11.8 Å². The number of likely N-dealkylation sites (tertiary alicyclic amines) is 1. The Kier molecular flexibility index (Phi) is 7.31. The molecule has 196 valence electrons. The SMILES string of the molecule is O=c1n(-c2ccc(OCCN3CC[C@H]4CCCCC4C3)cc2)ccn1-c1ccc(Oc2ccccc2)cc1. The molecular weight excluding hydrogens is 474 g/mol. The van der Waals surface area contributed by atoms with Gasteiger partial charge in [0.25, 0.3) is 0 Å². The molecule has 6 rings (SSSR count). The Morgan fingerprint density at radius 3 is 1.97 bits per heavy atom. The minimum absolute atomic E-state index is 0.124. The molecule has 2 atom stereocenters. The van der Waals surface area contributed by atoms with Crippen LogP contribution in [0.3, 0.4) is 0 Å². The Labute approximate surface area is 224 Å². The third-order valence-corrected chi connectivity index (χ3v) is 8.04. The molecule has 3 aromatic carbocycles. The second kappa shape index (κ2) is 11.3. The highest BCUT2D eigenvalue weighted by Gasteiger charge is 2.30. The summed E-state index contributed by atoms with van der Waals surface area (Å²) in [6, 6.07) is 24.9. The van der Waals surface area contributed by atoms with Gasteiger partial charge in [-0.15, -0.1) is 0 Å². The van der Waals surface area contributed by atoms with Crippen molar-refractivity contribution in [1.82, 2.24) is 14.0 Å². The molecule has 2 heterocycles. The number of aromatic nitrogens is 2. The minimum atomic E-state index is -0.124. The van der Waals surface area contributed by atoms with Crippen molar-refractivity contribution in [3.05, 3.63) is 102 Å². The van der Waals surface area contributed by atoms with E-state index in [9.17, 15) is 4.79 Å². The highest BCUT2D eigenvalue weighted by Crippen LogP contribution is 2.35. The smallest absolute Gasteiger partial charge is 0.337 e. The van der Waals surface area contributed by atoms with E-state index in [1.165, 1.54) is 45.2 Å². The molecule has 1 aliphatic carbocycles. The predicted octanol–water partition coefficient (Wildman–Crippen LogP) is 6.31. The van der Waals surface area contributed by atoms with Gasteiger partial charge in [0.05, 0.1) is 11.4 Å². The summed E-state index contributed by atoms with van der Waals surface area (Å²) in [7, 11) is 0. The van der Waals surface area contributed by atoms with E-state index in [0.717, 1.165) is 47.0 Å². The lowest BCUT2D eigenvalue weighted by molar-refractivity contribution is 0.0766. The Hall–Kier alpha value is -3.77. The van der Waals surface area contributed by atoms with Crippen LogP contribution in [0.5, 0.6) is 17.2 Å². The number of para-hydroxylation sites is 1. The zero-order chi connectivity index (χ0) is 25.7. The van der Waals surface area contributed by atoms with Crippen molar-refractivity contribution in [3.8, 4) is 28.6 Å². The van der Waals surface area contributed by atoms with Gasteiger partial charge in [-0.25, -0.2) is 4.79 Å². The number of piperidine rings is 1. The van der Waals surface area contributed by atoms with Gasteiger partial charge in [0.1, 0.15) is 23.9 Å². The van der Waals surface area contributed by atoms with E-state index in [1.807, 2.05) is 78.9 Å². The number of imidazole rings is 1. The molecule has 38 heavy (non-hydrogen) atoms. The maximum atomic E-state index is 13.1. The fourth-order valence-electron chi connectivity index (χ4n) is 5.94. The Morgan fingerprint density at radius 2 is 1.29 bits per heavy atom. The van der Waals surface area contributed by atoms with E-state index in [0.29, 0.717) is 6.61 Å². The summed E-state index contributed by atoms with van der Waals surface area (Å²) in [5.74, 6) is 4.19. The number of nitrogens with zero attached hydrogens (tertiary/aromatic N) is 3. The van der Waals surface area contributed by atoms with Gasteiger partial charge in [-0.3, -0.25) is 14.0 Å². The molecule has 0 bridgehead atoms. The Bertz CT molecular complexity index is 1380. The number of fused-ring (bicyclic) bond motifs is 1. The van der Waals surface area contributed by atoms with Gasteiger partial charge in [0.2, 0.25) is 0 Å². The summed E-state index contributed by atoms with van der Waals surface area (Å²) in [6.45, 7) is 4.10. The molecule has 2 fully saturated rings. The topological polar surface area (TPSA) is 48.6 Å². The van der Waals surface area contributed by atoms with E-state index in [-0.39, 0.29) is 5.69 Å². The van der Waals surface area contributed by atoms with Gasteiger partial charge in [0, 0.05) is 25.5 Å². The Morgan fingerprint density at radius 1 is 0.684 bits per heavy atom. The number of hydrogen-bond donors (Lipinski definition) is 0. The quantitative estimate of drug-likeness (QED) is 0.279. The molecule has 0 radical (unpaired) electrons. The summed E-state index contributed by atoms with van der Waals surface area (Å²) < 4.78 is 15.2. The van der Waals surface area contributed by atoms with E-state index < -0.39 is 0 Å². The van der Waals surface area contributed by atoms with Gasteiger partial charge in [-0.05, 0) is 91.9 Å². The standard InChI is InChI=1S/C32H35N3O3/c36-32-34(20-21-35(32)28-12-16-31(17-13-28)38-30-8-2-1-3-9-30)27-10-14-29(15-11-27)37-23-22-33-19-18-25-6-4-5-7-26(25)24-33/h1-3,8-17,20-21,25-26H,4-7,18-19,22-24H2/t25-,26?/m1/s1. The normalized spacial score (nSPS) is 19.6. The molecule has 1 saturated heterocycles.